The summed E-state index contributed by atoms with van der Waals surface area (Å²) in [5.41, 5.74) is 1.05. The van der Waals surface area contributed by atoms with Crippen LogP contribution in [0.2, 0.25) is 0 Å². The first kappa shape index (κ1) is 12.2. The first-order valence-electron chi connectivity index (χ1n) is 5.32. The van der Waals surface area contributed by atoms with E-state index in [1.807, 2.05) is 5.38 Å². The molecule has 1 atom stereocenters. The Morgan fingerprint density at radius 3 is 3.13 bits per heavy atom. The number of nitrogens with one attached hydrogen (secondary N) is 1. The molecule has 82 valence electrons. The number of hydrogen-bond donors (Lipinski definition) is 1. The van der Waals surface area contributed by atoms with E-state index in [1.165, 1.54) is 11.5 Å². The van der Waals surface area contributed by atoms with Crippen LogP contribution in [0.4, 0.5) is 0 Å². The maximum Gasteiger partial charge on any atom is 0.0924 e. The Morgan fingerprint density at radius 2 is 2.53 bits per heavy atom. The molecule has 0 aliphatic carbocycles. The van der Waals surface area contributed by atoms with Crippen LogP contribution in [0.1, 0.15) is 44.3 Å². The van der Waals surface area contributed by atoms with E-state index >= 15 is 0 Å². The number of nitrogens with zero attached hydrogens (tertiary/aromatic N) is 2. The second kappa shape index (κ2) is 7.38. The molecule has 0 bridgehead atoms. The Morgan fingerprint density at radius 1 is 1.67 bits per heavy atom. The lowest BCUT2D eigenvalue weighted by molar-refractivity contribution is 0.477. The molecule has 0 radical (unpaired) electrons. The van der Waals surface area contributed by atoms with E-state index in [0.717, 1.165) is 37.9 Å². The molecule has 1 unspecified atom stereocenters. The summed E-state index contributed by atoms with van der Waals surface area (Å²) in [5.74, 6) is 2.66. The monoisotopic (exact) mass is 223 g/mol. The van der Waals surface area contributed by atoms with Gasteiger partial charge in [0, 0.05) is 11.8 Å². The third kappa shape index (κ3) is 4.41. The van der Waals surface area contributed by atoms with Crippen molar-refractivity contribution in [2.24, 2.45) is 0 Å². The lowest BCUT2D eigenvalue weighted by Gasteiger charge is -2.14. The third-order valence-electron chi connectivity index (χ3n) is 2.19. The maximum atomic E-state index is 5.24. The van der Waals surface area contributed by atoms with Gasteiger partial charge >= 0.3 is 0 Å². The minimum Gasteiger partial charge on any atom is -0.309 e. The summed E-state index contributed by atoms with van der Waals surface area (Å²) >= 11 is 1.40. The van der Waals surface area contributed by atoms with Crippen LogP contribution in [0.3, 0.4) is 0 Å². The Labute approximate surface area is 95.5 Å². The van der Waals surface area contributed by atoms with Crippen molar-refractivity contribution in [3.05, 3.63) is 11.1 Å². The zero-order valence-electron chi connectivity index (χ0n) is 9.07. The lowest BCUT2D eigenvalue weighted by atomic mass is 10.1. The van der Waals surface area contributed by atoms with Gasteiger partial charge in [-0.2, -0.15) is 0 Å². The Hall–Kier alpha value is -0.920. The summed E-state index contributed by atoms with van der Waals surface area (Å²) in [6.45, 7) is 3.17. The normalized spacial score (nSPS) is 12.3. The molecule has 0 spiro atoms. The summed E-state index contributed by atoms with van der Waals surface area (Å²) < 4.78 is 3.89. The fourth-order valence-corrected chi connectivity index (χ4v) is 1.91. The minimum atomic E-state index is 0.317. The highest BCUT2D eigenvalue weighted by atomic mass is 32.1. The van der Waals surface area contributed by atoms with Gasteiger partial charge in [-0.15, -0.1) is 17.4 Å². The van der Waals surface area contributed by atoms with Gasteiger partial charge in [-0.3, -0.25) is 0 Å². The molecule has 3 nitrogen and oxygen atoms in total. The van der Waals surface area contributed by atoms with E-state index in [0.29, 0.717) is 6.04 Å². The maximum absolute atomic E-state index is 5.24. The van der Waals surface area contributed by atoms with Gasteiger partial charge in [-0.05, 0) is 37.3 Å². The molecule has 1 aromatic rings. The van der Waals surface area contributed by atoms with Crippen molar-refractivity contribution in [2.45, 2.75) is 38.6 Å². The van der Waals surface area contributed by atoms with E-state index < -0.39 is 0 Å². The summed E-state index contributed by atoms with van der Waals surface area (Å²) in [4.78, 5) is 0. The van der Waals surface area contributed by atoms with Crippen LogP contribution in [0.25, 0.3) is 0 Å². The average Bonchev–Trinajstić information content (AvgIpc) is 2.76. The Balaban J connectivity index is 2.43. The molecule has 0 amide bonds. The molecule has 0 aliphatic rings. The molecule has 0 saturated carbocycles. The van der Waals surface area contributed by atoms with Crippen molar-refractivity contribution in [3.8, 4) is 12.3 Å². The summed E-state index contributed by atoms with van der Waals surface area (Å²) in [6.07, 6.45) is 9.28. The Kier molecular flexibility index (Phi) is 5.98. The standard InChI is InChI=1S/C11H17N3S/c1-3-5-6-7-10(12-8-4-2)11-9-15-14-13-11/h1,9-10,12H,4-8H2,2H3. The summed E-state index contributed by atoms with van der Waals surface area (Å²) in [5, 5.41) is 9.57. The highest BCUT2D eigenvalue weighted by Gasteiger charge is 2.12. The number of rotatable bonds is 7. The van der Waals surface area contributed by atoms with Crippen LogP contribution < -0.4 is 5.32 Å². The van der Waals surface area contributed by atoms with Crippen LogP contribution in [0.15, 0.2) is 5.38 Å². The highest BCUT2D eigenvalue weighted by Crippen LogP contribution is 2.17. The fourth-order valence-electron chi connectivity index (χ4n) is 1.41. The van der Waals surface area contributed by atoms with E-state index in [9.17, 15) is 0 Å². The molecule has 0 saturated heterocycles. The number of terminal acetylenes is 1. The summed E-state index contributed by atoms with van der Waals surface area (Å²) in [7, 11) is 0. The van der Waals surface area contributed by atoms with Crippen molar-refractivity contribution in [3.63, 3.8) is 0 Å². The van der Waals surface area contributed by atoms with Crippen molar-refractivity contribution in [1.29, 1.82) is 0 Å². The molecular weight excluding hydrogens is 206 g/mol. The van der Waals surface area contributed by atoms with Crippen molar-refractivity contribution >= 4 is 11.5 Å². The van der Waals surface area contributed by atoms with E-state index in [1.54, 1.807) is 0 Å². The van der Waals surface area contributed by atoms with Gasteiger partial charge in [-0.25, -0.2) is 0 Å². The van der Waals surface area contributed by atoms with Crippen molar-refractivity contribution in [2.75, 3.05) is 6.54 Å². The predicted octanol–water partition coefficient (Wildman–Crippen LogP) is 2.38. The molecule has 1 rings (SSSR count). The SMILES string of the molecule is C#CCCCC(NCCC)c1csnn1. The average molecular weight is 223 g/mol. The van der Waals surface area contributed by atoms with Crippen LogP contribution in [-0.2, 0) is 0 Å². The Bertz CT molecular complexity index is 289. The van der Waals surface area contributed by atoms with E-state index in [4.69, 9.17) is 6.42 Å². The number of aromatic nitrogens is 2. The number of hydrogen-bond acceptors (Lipinski definition) is 4. The van der Waals surface area contributed by atoms with Crippen molar-refractivity contribution in [1.82, 2.24) is 14.9 Å². The van der Waals surface area contributed by atoms with Gasteiger partial charge in [0.1, 0.15) is 0 Å². The topological polar surface area (TPSA) is 37.8 Å². The molecule has 1 heterocycles. The number of unbranched alkanes of at least 4 members (excludes halogenated alkanes) is 1. The van der Waals surface area contributed by atoms with Gasteiger partial charge in [-0.1, -0.05) is 11.4 Å². The molecule has 0 fully saturated rings. The lowest BCUT2D eigenvalue weighted by Crippen LogP contribution is -2.22. The first-order chi connectivity index (χ1) is 7.38. The first-order valence-corrected chi connectivity index (χ1v) is 6.16. The van der Waals surface area contributed by atoms with E-state index in [2.05, 4.69) is 27.7 Å². The molecule has 1 aromatic heterocycles. The minimum absolute atomic E-state index is 0.317. The van der Waals surface area contributed by atoms with Crippen LogP contribution in [-0.4, -0.2) is 16.1 Å². The molecule has 0 aromatic carbocycles. The third-order valence-corrected chi connectivity index (χ3v) is 2.71. The second-order valence-corrected chi connectivity index (χ2v) is 4.04. The largest absolute Gasteiger partial charge is 0.309 e. The van der Waals surface area contributed by atoms with Crippen LogP contribution in [0.5, 0.6) is 0 Å². The van der Waals surface area contributed by atoms with Gasteiger partial charge in [0.25, 0.3) is 0 Å². The molecular formula is C11H17N3S. The molecule has 4 heteroatoms. The van der Waals surface area contributed by atoms with Crippen molar-refractivity contribution < 1.29 is 0 Å². The fraction of sp³-hybridized carbons (Fsp3) is 0.636. The van der Waals surface area contributed by atoms with Crippen LogP contribution in [0, 0.1) is 12.3 Å². The zero-order valence-corrected chi connectivity index (χ0v) is 9.89. The zero-order chi connectivity index (χ0) is 10.9. The quantitative estimate of drug-likeness (QED) is 0.569. The predicted molar refractivity (Wildman–Crippen MR) is 63.6 cm³/mol. The van der Waals surface area contributed by atoms with Gasteiger partial charge < -0.3 is 5.32 Å². The molecule has 15 heavy (non-hydrogen) atoms. The summed E-state index contributed by atoms with van der Waals surface area (Å²) in [6, 6.07) is 0.317. The molecule has 0 aliphatic heterocycles. The molecule has 1 N–H and O–H groups in total. The van der Waals surface area contributed by atoms with Crippen LogP contribution >= 0.6 is 11.5 Å². The van der Waals surface area contributed by atoms with Gasteiger partial charge in [0.15, 0.2) is 0 Å². The van der Waals surface area contributed by atoms with Gasteiger partial charge in [0.2, 0.25) is 0 Å². The van der Waals surface area contributed by atoms with E-state index in [-0.39, 0.29) is 0 Å². The van der Waals surface area contributed by atoms with Gasteiger partial charge in [0.05, 0.1) is 11.7 Å². The smallest absolute Gasteiger partial charge is 0.0924 e. The second-order valence-electron chi connectivity index (χ2n) is 3.43. The highest BCUT2D eigenvalue weighted by molar-refractivity contribution is 7.03.